The molecule has 6 nitrogen and oxygen atoms in total. The molecule has 1 aliphatic heterocycles. The number of rotatable bonds is 20. The van der Waals surface area contributed by atoms with Crippen molar-refractivity contribution in [3.63, 3.8) is 0 Å². The first-order valence-corrected chi connectivity index (χ1v) is 14.8. The van der Waals surface area contributed by atoms with Crippen LogP contribution in [0.1, 0.15) is 112 Å². The van der Waals surface area contributed by atoms with E-state index in [1.807, 2.05) is 20.8 Å². The maximum Gasteiger partial charge on any atom is 0.181 e. The van der Waals surface area contributed by atoms with Gasteiger partial charge in [0.25, 0.3) is 0 Å². The third kappa shape index (κ3) is 26.6. The average Bonchev–Trinajstić information content (AvgIpc) is 2.97. The Morgan fingerprint density at radius 1 is 0.730 bits per heavy atom. The molecule has 1 heterocycles. The first kappa shape index (κ1) is 36.2. The van der Waals surface area contributed by atoms with Crippen molar-refractivity contribution in [3.05, 3.63) is 24.3 Å². The molecule has 0 aromatic rings. The lowest BCUT2D eigenvalue weighted by molar-refractivity contribution is -0.170. The average molecular weight is 529 g/mol. The zero-order chi connectivity index (χ0) is 27.6. The van der Waals surface area contributed by atoms with Crippen molar-refractivity contribution >= 4 is 0 Å². The molecule has 220 valence electrons. The second-order valence-corrected chi connectivity index (χ2v) is 10.3. The van der Waals surface area contributed by atoms with Gasteiger partial charge in [-0.2, -0.15) is 0 Å². The second kappa shape index (κ2) is 26.8. The SMILES string of the molecule is C=C(C)COC(C)CCCCCCCCCCCCC.C=C(C)COC1COCC(OCC)OCCO1. The molecule has 0 aromatic heterocycles. The van der Waals surface area contributed by atoms with Crippen molar-refractivity contribution in [2.24, 2.45) is 0 Å². The summed E-state index contributed by atoms with van der Waals surface area (Å²) in [6.45, 7) is 21.5. The van der Waals surface area contributed by atoms with Gasteiger partial charge < -0.3 is 28.4 Å². The predicted octanol–water partition coefficient (Wildman–Crippen LogP) is 8.00. The lowest BCUT2D eigenvalue weighted by atomic mass is 10.0. The fourth-order valence-corrected chi connectivity index (χ4v) is 3.79. The van der Waals surface area contributed by atoms with Crippen LogP contribution in [0.2, 0.25) is 0 Å². The number of unbranched alkanes of at least 4 members (excludes halogenated alkanes) is 10. The molecule has 1 fully saturated rings. The van der Waals surface area contributed by atoms with Crippen LogP contribution in [0.25, 0.3) is 0 Å². The van der Waals surface area contributed by atoms with E-state index >= 15 is 0 Å². The zero-order valence-electron chi connectivity index (χ0n) is 25.0. The smallest absolute Gasteiger partial charge is 0.181 e. The third-order valence-electron chi connectivity index (χ3n) is 5.90. The topological polar surface area (TPSA) is 55.4 Å². The van der Waals surface area contributed by atoms with Crippen molar-refractivity contribution in [2.45, 2.75) is 130 Å². The molecule has 0 bridgehead atoms. The molecule has 0 amide bonds. The summed E-state index contributed by atoms with van der Waals surface area (Å²) < 4.78 is 32.9. The lowest BCUT2D eigenvalue weighted by Crippen LogP contribution is -2.26. The van der Waals surface area contributed by atoms with Crippen molar-refractivity contribution in [3.8, 4) is 0 Å². The Labute approximate surface area is 229 Å². The van der Waals surface area contributed by atoms with Crippen LogP contribution in [0.3, 0.4) is 0 Å². The highest BCUT2D eigenvalue weighted by Gasteiger charge is 2.16. The van der Waals surface area contributed by atoms with Crippen LogP contribution in [0.15, 0.2) is 24.3 Å². The molecule has 3 unspecified atom stereocenters. The Bertz CT molecular complexity index is 524. The molecule has 0 spiro atoms. The molecule has 6 heteroatoms. The van der Waals surface area contributed by atoms with Gasteiger partial charge in [-0.1, -0.05) is 102 Å². The van der Waals surface area contributed by atoms with E-state index in [0.29, 0.717) is 45.7 Å². The van der Waals surface area contributed by atoms with Gasteiger partial charge in [-0.25, -0.2) is 0 Å². The Morgan fingerprint density at radius 2 is 1.22 bits per heavy atom. The molecule has 37 heavy (non-hydrogen) atoms. The lowest BCUT2D eigenvalue weighted by Gasteiger charge is -2.17. The monoisotopic (exact) mass is 528 g/mol. The summed E-state index contributed by atoms with van der Waals surface area (Å²) in [5.41, 5.74) is 2.08. The van der Waals surface area contributed by atoms with E-state index in [9.17, 15) is 0 Å². The van der Waals surface area contributed by atoms with E-state index in [4.69, 9.17) is 28.4 Å². The minimum absolute atomic E-state index is 0.316. The standard InChI is InChI=1S/C19H38O.C12H22O5/c1-5-6-7-8-9-10-11-12-13-14-15-16-19(4)20-17-18(2)3;1-4-14-11-8-13-9-12(16-6-5-15-11)17-7-10(2)3/h19H,2,5-17H2,1,3-4H3;11-12H,2,4-9H2,1,3H3. The van der Waals surface area contributed by atoms with Crippen molar-refractivity contribution in [2.75, 3.05) is 46.2 Å². The molecule has 0 N–H and O–H groups in total. The summed E-state index contributed by atoms with van der Waals surface area (Å²) >= 11 is 0. The van der Waals surface area contributed by atoms with Gasteiger partial charge in [-0.15, -0.1) is 0 Å². The molecular weight excluding hydrogens is 468 g/mol. The van der Waals surface area contributed by atoms with Gasteiger partial charge in [-0.05, 0) is 34.1 Å². The Morgan fingerprint density at radius 3 is 1.70 bits per heavy atom. The van der Waals surface area contributed by atoms with Gasteiger partial charge in [0, 0.05) is 6.61 Å². The largest absolute Gasteiger partial charge is 0.374 e. The Kier molecular flexibility index (Phi) is 26.3. The Hall–Kier alpha value is -0.760. The fourth-order valence-electron chi connectivity index (χ4n) is 3.79. The summed E-state index contributed by atoms with van der Waals surface area (Å²) in [6.07, 6.45) is 16.4. The highest BCUT2D eigenvalue weighted by Crippen LogP contribution is 2.13. The van der Waals surface area contributed by atoms with E-state index < -0.39 is 0 Å². The van der Waals surface area contributed by atoms with Crippen LogP contribution in [0, 0.1) is 0 Å². The van der Waals surface area contributed by atoms with Gasteiger partial charge >= 0.3 is 0 Å². The van der Waals surface area contributed by atoms with Crippen molar-refractivity contribution < 1.29 is 28.4 Å². The molecule has 0 aliphatic carbocycles. The van der Waals surface area contributed by atoms with Crippen LogP contribution in [0.5, 0.6) is 0 Å². The van der Waals surface area contributed by atoms with E-state index in [1.165, 1.54) is 77.0 Å². The Balaban J connectivity index is 0.000000708. The molecule has 3 atom stereocenters. The first-order valence-electron chi connectivity index (χ1n) is 14.8. The number of hydrogen-bond acceptors (Lipinski definition) is 6. The van der Waals surface area contributed by atoms with E-state index in [1.54, 1.807) is 0 Å². The summed E-state index contributed by atoms with van der Waals surface area (Å²) in [6, 6.07) is 0. The van der Waals surface area contributed by atoms with Crippen LogP contribution >= 0.6 is 0 Å². The van der Waals surface area contributed by atoms with Crippen molar-refractivity contribution in [1.82, 2.24) is 0 Å². The van der Waals surface area contributed by atoms with Gasteiger partial charge in [0.2, 0.25) is 0 Å². The van der Waals surface area contributed by atoms with Crippen LogP contribution < -0.4 is 0 Å². The minimum atomic E-state index is -0.365. The van der Waals surface area contributed by atoms with Gasteiger partial charge in [0.05, 0.1) is 45.7 Å². The van der Waals surface area contributed by atoms with Gasteiger partial charge in [0.15, 0.2) is 12.6 Å². The van der Waals surface area contributed by atoms with Crippen LogP contribution in [0.4, 0.5) is 0 Å². The molecular formula is C31H60O6. The summed E-state index contributed by atoms with van der Waals surface area (Å²) in [5, 5.41) is 0. The minimum Gasteiger partial charge on any atom is -0.374 e. The molecule has 1 saturated heterocycles. The quantitative estimate of drug-likeness (QED) is 0.118. The highest BCUT2D eigenvalue weighted by atomic mass is 16.7. The predicted molar refractivity (Wildman–Crippen MR) is 154 cm³/mol. The molecule has 0 saturated carbocycles. The molecule has 1 aliphatic rings. The van der Waals surface area contributed by atoms with Gasteiger partial charge in [-0.3, -0.25) is 0 Å². The van der Waals surface area contributed by atoms with E-state index in [-0.39, 0.29) is 12.6 Å². The normalized spacial score (nSPS) is 19.2. The third-order valence-corrected chi connectivity index (χ3v) is 5.90. The summed E-state index contributed by atoms with van der Waals surface area (Å²) in [4.78, 5) is 0. The summed E-state index contributed by atoms with van der Waals surface area (Å²) in [5.74, 6) is 0. The first-order chi connectivity index (χ1) is 17.9. The number of hydrogen-bond donors (Lipinski definition) is 0. The van der Waals surface area contributed by atoms with Crippen LogP contribution in [-0.2, 0) is 28.4 Å². The number of ether oxygens (including phenoxy) is 6. The molecule has 0 radical (unpaired) electrons. The van der Waals surface area contributed by atoms with Gasteiger partial charge in [0.1, 0.15) is 0 Å². The fraction of sp³-hybridized carbons (Fsp3) is 0.871. The molecule has 0 aromatic carbocycles. The highest BCUT2D eigenvalue weighted by molar-refractivity contribution is 4.88. The summed E-state index contributed by atoms with van der Waals surface area (Å²) in [7, 11) is 0. The zero-order valence-corrected chi connectivity index (χ0v) is 25.0. The maximum atomic E-state index is 5.70. The second-order valence-electron chi connectivity index (χ2n) is 10.3. The van der Waals surface area contributed by atoms with E-state index in [0.717, 1.165) is 17.8 Å². The van der Waals surface area contributed by atoms with E-state index in [2.05, 4.69) is 27.0 Å². The van der Waals surface area contributed by atoms with Crippen LogP contribution in [-0.4, -0.2) is 64.9 Å². The maximum absolute atomic E-state index is 5.70. The molecule has 1 rings (SSSR count). The van der Waals surface area contributed by atoms with Crippen molar-refractivity contribution in [1.29, 1.82) is 0 Å².